The lowest BCUT2D eigenvalue weighted by Gasteiger charge is -2.38. The largest absolute Gasteiger partial charge is 0.325 e. The SMILES string of the molecule is CCC(CCOP(O)(O)=S)N(C(C)C)C(C)C. The molecule has 0 fully saturated rings. The molecular formula is C11H26NO3PS. The average Bonchev–Trinajstić information content (AvgIpc) is 2.12. The minimum Gasteiger partial charge on any atom is -0.325 e. The maximum atomic E-state index is 9.01. The normalized spacial score (nSPS) is 14.9. The Morgan fingerprint density at radius 2 is 1.65 bits per heavy atom. The minimum atomic E-state index is -3.50. The zero-order valence-corrected chi connectivity index (χ0v) is 13.2. The van der Waals surface area contributed by atoms with E-state index in [2.05, 4.69) is 51.3 Å². The summed E-state index contributed by atoms with van der Waals surface area (Å²) in [4.78, 5) is 20.4. The molecule has 0 saturated carbocycles. The molecule has 0 aromatic rings. The molecule has 1 unspecified atom stereocenters. The monoisotopic (exact) mass is 283 g/mol. The van der Waals surface area contributed by atoms with Gasteiger partial charge in [0.2, 0.25) is 0 Å². The van der Waals surface area contributed by atoms with Crippen LogP contribution in [-0.2, 0) is 16.3 Å². The molecule has 0 aliphatic carbocycles. The van der Waals surface area contributed by atoms with Crippen LogP contribution in [0, 0.1) is 0 Å². The number of rotatable bonds is 8. The first-order valence-corrected chi connectivity index (χ1v) is 8.79. The minimum absolute atomic E-state index is 0.304. The highest BCUT2D eigenvalue weighted by Gasteiger charge is 2.22. The van der Waals surface area contributed by atoms with Crippen LogP contribution >= 0.6 is 6.72 Å². The fourth-order valence-electron chi connectivity index (χ4n) is 2.31. The first kappa shape index (κ1) is 17.5. The van der Waals surface area contributed by atoms with Crippen molar-refractivity contribution in [2.24, 2.45) is 0 Å². The highest BCUT2D eigenvalue weighted by Crippen LogP contribution is 2.36. The third kappa shape index (κ3) is 7.50. The summed E-state index contributed by atoms with van der Waals surface area (Å²) in [5, 5.41) is 0. The molecule has 0 spiro atoms. The molecule has 0 radical (unpaired) electrons. The Labute approximate surface area is 110 Å². The fourth-order valence-corrected chi connectivity index (χ4v) is 2.88. The zero-order valence-electron chi connectivity index (χ0n) is 11.5. The second-order valence-corrected chi connectivity index (χ2v) is 7.48. The molecule has 0 heterocycles. The van der Waals surface area contributed by atoms with Gasteiger partial charge < -0.3 is 14.3 Å². The fraction of sp³-hybridized carbons (Fsp3) is 1.00. The maximum Gasteiger partial charge on any atom is 0.321 e. The average molecular weight is 283 g/mol. The Morgan fingerprint density at radius 1 is 1.18 bits per heavy atom. The van der Waals surface area contributed by atoms with Gasteiger partial charge in [0.05, 0.1) is 6.61 Å². The van der Waals surface area contributed by atoms with Crippen molar-refractivity contribution in [1.29, 1.82) is 0 Å². The van der Waals surface area contributed by atoms with E-state index in [9.17, 15) is 0 Å². The highest BCUT2D eigenvalue weighted by molar-refractivity contribution is 8.06. The molecule has 1 atom stereocenters. The van der Waals surface area contributed by atoms with E-state index in [-0.39, 0.29) is 0 Å². The van der Waals surface area contributed by atoms with Crippen LogP contribution in [0.4, 0.5) is 0 Å². The quantitative estimate of drug-likeness (QED) is 0.670. The Hall–Kier alpha value is 0.490. The predicted octanol–water partition coefficient (Wildman–Crippen LogP) is 2.50. The molecule has 6 heteroatoms. The Kier molecular flexibility index (Phi) is 8.05. The van der Waals surface area contributed by atoms with Crippen molar-refractivity contribution in [3.63, 3.8) is 0 Å². The molecule has 0 aliphatic heterocycles. The summed E-state index contributed by atoms with van der Waals surface area (Å²) in [6.45, 7) is 7.63. The molecule has 0 saturated heterocycles. The van der Waals surface area contributed by atoms with Gasteiger partial charge in [0.1, 0.15) is 0 Å². The molecule has 0 amide bonds. The van der Waals surface area contributed by atoms with E-state index in [0.717, 1.165) is 12.8 Å². The van der Waals surface area contributed by atoms with E-state index in [1.54, 1.807) is 0 Å². The van der Waals surface area contributed by atoms with Crippen LogP contribution < -0.4 is 0 Å². The van der Waals surface area contributed by atoms with Crippen LogP contribution in [0.15, 0.2) is 0 Å². The topological polar surface area (TPSA) is 52.9 Å². The predicted molar refractivity (Wildman–Crippen MR) is 75.5 cm³/mol. The zero-order chi connectivity index (χ0) is 13.6. The first-order valence-electron chi connectivity index (χ1n) is 6.16. The van der Waals surface area contributed by atoms with Gasteiger partial charge in [-0.05, 0) is 52.3 Å². The second-order valence-electron chi connectivity index (χ2n) is 4.81. The lowest BCUT2D eigenvalue weighted by molar-refractivity contribution is 0.0898. The van der Waals surface area contributed by atoms with Crippen LogP contribution in [0.5, 0.6) is 0 Å². The van der Waals surface area contributed by atoms with E-state index in [4.69, 9.17) is 14.3 Å². The first-order chi connectivity index (χ1) is 7.69. The van der Waals surface area contributed by atoms with Crippen LogP contribution in [0.3, 0.4) is 0 Å². The van der Waals surface area contributed by atoms with Gasteiger partial charge in [-0.1, -0.05) is 6.92 Å². The molecule has 0 aromatic carbocycles. The van der Waals surface area contributed by atoms with E-state index in [1.807, 2.05) is 0 Å². The van der Waals surface area contributed by atoms with Gasteiger partial charge in [-0.25, -0.2) is 0 Å². The summed E-state index contributed by atoms with van der Waals surface area (Å²) in [5.41, 5.74) is 0. The standard InChI is InChI=1S/C11H26NO3PS/c1-6-11(7-8-15-16(13,14)17)12(9(2)3)10(4)5/h9-11H,6-8H2,1-5H3,(H2,13,14,17). The summed E-state index contributed by atoms with van der Waals surface area (Å²) < 4.78 is 4.88. The molecule has 104 valence electrons. The van der Waals surface area contributed by atoms with E-state index in [1.165, 1.54) is 0 Å². The third-order valence-electron chi connectivity index (χ3n) is 2.80. The van der Waals surface area contributed by atoms with Crippen molar-refractivity contribution < 1.29 is 14.3 Å². The summed E-state index contributed by atoms with van der Waals surface area (Å²) in [7, 11) is 0. The molecular weight excluding hydrogens is 257 g/mol. The Morgan fingerprint density at radius 3 is 1.94 bits per heavy atom. The molecule has 0 aromatic heterocycles. The summed E-state index contributed by atoms with van der Waals surface area (Å²) >= 11 is 4.43. The van der Waals surface area contributed by atoms with E-state index >= 15 is 0 Å². The smallest absolute Gasteiger partial charge is 0.321 e. The van der Waals surface area contributed by atoms with Crippen molar-refractivity contribution in [3.8, 4) is 0 Å². The van der Waals surface area contributed by atoms with Gasteiger partial charge in [0.15, 0.2) is 0 Å². The van der Waals surface area contributed by atoms with Crippen LogP contribution in [0.25, 0.3) is 0 Å². The van der Waals surface area contributed by atoms with Crippen molar-refractivity contribution in [2.45, 2.75) is 65.6 Å². The van der Waals surface area contributed by atoms with Crippen molar-refractivity contribution in [1.82, 2.24) is 4.90 Å². The lowest BCUT2D eigenvalue weighted by atomic mass is 10.1. The van der Waals surface area contributed by atoms with Gasteiger partial charge in [-0.15, -0.1) is 0 Å². The number of nitrogens with zero attached hydrogens (tertiary/aromatic N) is 1. The second kappa shape index (κ2) is 7.82. The molecule has 0 bridgehead atoms. The van der Waals surface area contributed by atoms with Gasteiger partial charge in [-0.2, -0.15) is 0 Å². The molecule has 17 heavy (non-hydrogen) atoms. The van der Waals surface area contributed by atoms with Crippen LogP contribution in [0.2, 0.25) is 0 Å². The van der Waals surface area contributed by atoms with Gasteiger partial charge in [0, 0.05) is 18.1 Å². The third-order valence-corrected chi connectivity index (χ3v) is 3.63. The maximum absolute atomic E-state index is 9.01. The molecule has 0 rings (SSSR count). The van der Waals surface area contributed by atoms with Crippen molar-refractivity contribution >= 4 is 18.5 Å². The van der Waals surface area contributed by atoms with Crippen molar-refractivity contribution in [3.05, 3.63) is 0 Å². The molecule has 2 N–H and O–H groups in total. The van der Waals surface area contributed by atoms with Gasteiger partial charge in [0.25, 0.3) is 0 Å². The van der Waals surface area contributed by atoms with Crippen LogP contribution in [-0.4, -0.2) is 39.4 Å². The van der Waals surface area contributed by atoms with Crippen LogP contribution in [0.1, 0.15) is 47.5 Å². The van der Waals surface area contributed by atoms with E-state index < -0.39 is 6.72 Å². The summed E-state index contributed by atoms with van der Waals surface area (Å²) in [5.74, 6) is 0. The Bertz CT molecular complexity index is 247. The lowest BCUT2D eigenvalue weighted by Crippen LogP contribution is -2.45. The van der Waals surface area contributed by atoms with E-state index in [0.29, 0.717) is 24.7 Å². The number of hydrogen-bond donors (Lipinski definition) is 2. The summed E-state index contributed by atoms with van der Waals surface area (Å²) in [6.07, 6.45) is 1.78. The van der Waals surface area contributed by atoms with Crippen molar-refractivity contribution in [2.75, 3.05) is 6.61 Å². The Balaban J connectivity index is 4.35. The molecule has 0 aliphatic rings. The van der Waals surface area contributed by atoms with Gasteiger partial charge >= 0.3 is 6.72 Å². The molecule has 4 nitrogen and oxygen atoms in total. The highest BCUT2D eigenvalue weighted by atomic mass is 32.5. The summed E-state index contributed by atoms with van der Waals surface area (Å²) in [6, 6.07) is 1.31. The number of hydrogen-bond acceptors (Lipinski definition) is 3. The van der Waals surface area contributed by atoms with Gasteiger partial charge in [-0.3, -0.25) is 4.90 Å².